The summed E-state index contributed by atoms with van der Waals surface area (Å²) in [6.07, 6.45) is -0.0394. The minimum absolute atomic E-state index is 0.0394. The predicted molar refractivity (Wildman–Crippen MR) is 37.9 cm³/mol. The fourth-order valence-corrected chi connectivity index (χ4v) is 1.18. The van der Waals surface area contributed by atoms with Gasteiger partial charge in [-0.1, -0.05) is 0 Å². The standard InChI is InChI=1S/C5H6N2O2S/c6-5-3(1-4(8)9)2-10-7-5/h2H,1H2,(H2,6,7)(H,8,9). The molecule has 10 heavy (non-hydrogen) atoms. The van der Waals surface area contributed by atoms with Crippen molar-refractivity contribution in [1.82, 2.24) is 4.37 Å². The van der Waals surface area contributed by atoms with Crippen LogP contribution in [0.15, 0.2) is 5.38 Å². The van der Waals surface area contributed by atoms with E-state index in [0.717, 1.165) is 0 Å². The Kier molecular flexibility index (Phi) is 1.86. The third-order valence-corrected chi connectivity index (χ3v) is 1.71. The van der Waals surface area contributed by atoms with Crippen molar-refractivity contribution in [3.05, 3.63) is 10.9 Å². The van der Waals surface area contributed by atoms with Gasteiger partial charge in [-0.05, 0) is 11.5 Å². The van der Waals surface area contributed by atoms with Crippen LogP contribution in [0.1, 0.15) is 5.56 Å². The van der Waals surface area contributed by atoms with Crippen LogP contribution in [0.2, 0.25) is 0 Å². The van der Waals surface area contributed by atoms with Crippen LogP contribution in [-0.4, -0.2) is 15.4 Å². The average Bonchev–Trinajstić information content (AvgIpc) is 2.15. The summed E-state index contributed by atoms with van der Waals surface area (Å²) in [4.78, 5) is 10.1. The van der Waals surface area contributed by atoms with E-state index < -0.39 is 5.97 Å². The molecular formula is C5H6N2O2S. The number of aliphatic carboxylic acids is 1. The van der Waals surface area contributed by atoms with Crippen molar-refractivity contribution in [2.45, 2.75) is 6.42 Å². The number of carboxylic acid groups (broad SMARTS) is 1. The highest BCUT2D eigenvalue weighted by molar-refractivity contribution is 7.04. The van der Waals surface area contributed by atoms with Crippen LogP contribution in [0.3, 0.4) is 0 Å². The van der Waals surface area contributed by atoms with Gasteiger partial charge in [0.1, 0.15) is 5.82 Å². The van der Waals surface area contributed by atoms with Crippen LogP contribution in [0.5, 0.6) is 0 Å². The van der Waals surface area contributed by atoms with Gasteiger partial charge in [0.25, 0.3) is 0 Å². The summed E-state index contributed by atoms with van der Waals surface area (Å²) >= 11 is 1.17. The molecule has 0 spiro atoms. The maximum Gasteiger partial charge on any atom is 0.307 e. The second kappa shape index (κ2) is 2.66. The molecule has 0 aliphatic rings. The molecule has 54 valence electrons. The largest absolute Gasteiger partial charge is 0.481 e. The van der Waals surface area contributed by atoms with E-state index in [2.05, 4.69) is 4.37 Å². The van der Waals surface area contributed by atoms with Crippen molar-refractivity contribution >= 4 is 23.3 Å². The van der Waals surface area contributed by atoms with E-state index in [-0.39, 0.29) is 6.42 Å². The Hall–Kier alpha value is -1.10. The number of nitrogen functional groups attached to an aromatic ring is 1. The summed E-state index contributed by atoms with van der Waals surface area (Å²) in [6, 6.07) is 0. The highest BCUT2D eigenvalue weighted by Crippen LogP contribution is 2.12. The van der Waals surface area contributed by atoms with Crippen molar-refractivity contribution < 1.29 is 9.90 Å². The molecule has 0 saturated carbocycles. The third-order valence-electron chi connectivity index (χ3n) is 1.02. The number of nitrogens with zero attached hydrogens (tertiary/aromatic N) is 1. The van der Waals surface area contributed by atoms with Gasteiger partial charge >= 0.3 is 5.97 Å². The van der Waals surface area contributed by atoms with E-state index in [1.165, 1.54) is 11.5 Å². The Morgan fingerprint density at radius 2 is 2.60 bits per heavy atom. The minimum atomic E-state index is -0.882. The zero-order valence-electron chi connectivity index (χ0n) is 5.07. The molecule has 0 fully saturated rings. The molecule has 0 amide bonds. The number of aromatic nitrogens is 1. The first-order valence-electron chi connectivity index (χ1n) is 2.60. The van der Waals surface area contributed by atoms with E-state index in [0.29, 0.717) is 11.4 Å². The Morgan fingerprint density at radius 1 is 1.90 bits per heavy atom. The molecule has 0 unspecified atom stereocenters. The first-order chi connectivity index (χ1) is 4.70. The number of nitrogens with two attached hydrogens (primary N) is 1. The molecule has 0 atom stereocenters. The van der Waals surface area contributed by atoms with Gasteiger partial charge in [-0.15, -0.1) is 0 Å². The molecule has 4 nitrogen and oxygen atoms in total. The van der Waals surface area contributed by atoms with Crippen LogP contribution >= 0.6 is 11.5 Å². The molecule has 0 aliphatic heterocycles. The second-order valence-electron chi connectivity index (χ2n) is 1.80. The average molecular weight is 158 g/mol. The fourth-order valence-electron chi connectivity index (χ4n) is 0.561. The molecule has 1 aromatic heterocycles. The molecular weight excluding hydrogens is 152 g/mol. The fraction of sp³-hybridized carbons (Fsp3) is 0.200. The van der Waals surface area contributed by atoms with Crippen molar-refractivity contribution in [2.24, 2.45) is 0 Å². The predicted octanol–water partition coefficient (Wildman–Crippen LogP) is 0.352. The van der Waals surface area contributed by atoms with Gasteiger partial charge in [-0.2, -0.15) is 4.37 Å². The van der Waals surface area contributed by atoms with Gasteiger partial charge in [-0.25, -0.2) is 0 Å². The number of anilines is 1. The van der Waals surface area contributed by atoms with E-state index in [4.69, 9.17) is 10.8 Å². The monoisotopic (exact) mass is 158 g/mol. The summed E-state index contributed by atoms with van der Waals surface area (Å²) < 4.78 is 3.73. The molecule has 1 heterocycles. The summed E-state index contributed by atoms with van der Waals surface area (Å²) in [5, 5.41) is 9.97. The summed E-state index contributed by atoms with van der Waals surface area (Å²) in [5.74, 6) is -0.556. The number of hydrogen-bond donors (Lipinski definition) is 2. The van der Waals surface area contributed by atoms with Crippen LogP contribution in [-0.2, 0) is 11.2 Å². The van der Waals surface area contributed by atoms with E-state index in [1.54, 1.807) is 5.38 Å². The van der Waals surface area contributed by atoms with E-state index in [1.807, 2.05) is 0 Å². The molecule has 1 rings (SSSR count). The molecule has 0 saturated heterocycles. The van der Waals surface area contributed by atoms with Crippen LogP contribution in [0.25, 0.3) is 0 Å². The van der Waals surface area contributed by atoms with Gasteiger partial charge in [0.2, 0.25) is 0 Å². The minimum Gasteiger partial charge on any atom is -0.481 e. The Bertz CT molecular complexity index is 246. The summed E-state index contributed by atoms with van der Waals surface area (Å²) in [7, 11) is 0. The number of carbonyl (C=O) groups is 1. The Labute approximate surface area is 61.5 Å². The van der Waals surface area contributed by atoms with E-state index in [9.17, 15) is 4.79 Å². The highest BCUT2D eigenvalue weighted by atomic mass is 32.1. The van der Waals surface area contributed by atoms with Crippen LogP contribution < -0.4 is 5.73 Å². The van der Waals surface area contributed by atoms with Gasteiger partial charge < -0.3 is 10.8 Å². The maximum absolute atomic E-state index is 10.1. The van der Waals surface area contributed by atoms with Gasteiger partial charge in [0, 0.05) is 10.9 Å². The molecule has 3 N–H and O–H groups in total. The van der Waals surface area contributed by atoms with Gasteiger partial charge in [0.15, 0.2) is 0 Å². The second-order valence-corrected chi connectivity index (χ2v) is 2.42. The van der Waals surface area contributed by atoms with Crippen molar-refractivity contribution in [1.29, 1.82) is 0 Å². The van der Waals surface area contributed by atoms with Crippen LogP contribution in [0, 0.1) is 0 Å². The summed E-state index contributed by atoms with van der Waals surface area (Å²) in [5.41, 5.74) is 5.92. The highest BCUT2D eigenvalue weighted by Gasteiger charge is 2.05. The zero-order valence-corrected chi connectivity index (χ0v) is 5.89. The first-order valence-corrected chi connectivity index (χ1v) is 3.44. The molecule has 1 aromatic rings. The zero-order chi connectivity index (χ0) is 7.56. The third kappa shape index (κ3) is 1.44. The Balaban J connectivity index is 2.74. The first kappa shape index (κ1) is 7.01. The lowest BCUT2D eigenvalue weighted by molar-refractivity contribution is -0.136. The van der Waals surface area contributed by atoms with Crippen molar-refractivity contribution in [3.63, 3.8) is 0 Å². The lowest BCUT2D eigenvalue weighted by Crippen LogP contribution is -2.01. The smallest absolute Gasteiger partial charge is 0.307 e. The lowest BCUT2D eigenvalue weighted by atomic mass is 10.2. The van der Waals surface area contributed by atoms with Gasteiger partial charge in [0.05, 0.1) is 6.42 Å². The number of rotatable bonds is 2. The van der Waals surface area contributed by atoms with Crippen LogP contribution in [0.4, 0.5) is 5.82 Å². The maximum atomic E-state index is 10.1. The quantitative estimate of drug-likeness (QED) is 0.651. The summed E-state index contributed by atoms with van der Waals surface area (Å²) in [6.45, 7) is 0. The number of carboxylic acids is 1. The molecule has 0 radical (unpaired) electrons. The number of hydrogen-bond acceptors (Lipinski definition) is 4. The van der Waals surface area contributed by atoms with Crippen molar-refractivity contribution in [2.75, 3.05) is 5.73 Å². The molecule has 0 aromatic carbocycles. The van der Waals surface area contributed by atoms with E-state index >= 15 is 0 Å². The van der Waals surface area contributed by atoms with Crippen molar-refractivity contribution in [3.8, 4) is 0 Å². The topological polar surface area (TPSA) is 76.2 Å². The lowest BCUT2D eigenvalue weighted by Gasteiger charge is -1.89. The van der Waals surface area contributed by atoms with Gasteiger partial charge in [-0.3, -0.25) is 4.79 Å². The Morgan fingerprint density at radius 3 is 3.00 bits per heavy atom. The SMILES string of the molecule is Nc1nscc1CC(=O)O. The molecule has 5 heteroatoms. The normalized spacial score (nSPS) is 9.60. The molecule has 0 bridgehead atoms. The molecule has 0 aliphatic carbocycles.